The van der Waals surface area contributed by atoms with Crippen molar-refractivity contribution < 1.29 is 0 Å². The summed E-state index contributed by atoms with van der Waals surface area (Å²) >= 11 is 11.5. The van der Waals surface area contributed by atoms with Crippen molar-refractivity contribution in [3.05, 3.63) is 27.2 Å². The van der Waals surface area contributed by atoms with Crippen LogP contribution in [-0.4, -0.2) is 5.75 Å². The molecule has 0 atom stereocenters. The molecule has 0 fully saturated rings. The number of halogens is 2. The van der Waals surface area contributed by atoms with Gasteiger partial charge in [0.15, 0.2) is 0 Å². The third-order valence-electron chi connectivity index (χ3n) is 1.93. The summed E-state index contributed by atoms with van der Waals surface area (Å²) in [5.74, 6) is 1.10. The van der Waals surface area contributed by atoms with Crippen molar-refractivity contribution in [2.24, 2.45) is 5.41 Å². The Hall–Kier alpha value is 0.340. The molecule has 3 heteroatoms. The molecule has 0 radical (unpaired) electrons. The van der Waals surface area contributed by atoms with E-state index < -0.39 is 0 Å². The Kier molecular flexibility index (Phi) is 4.57. The van der Waals surface area contributed by atoms with E-state index in [2.05, 4.69) is 42.8 Å². The van der Waals surface area contributed by atoms with Crippen LogP contribution in [0.15, 0.2) is 21.5 Å². The Morgan fingerprint density at radius 1 is 1.33 bits per heavy atom. The number of hydrogen-bond donors (Lipinski definition) is 0. The summed E-state index contributed by atoms with van der Waals surface area (Å²) in [5, 5.41) is 0.834. The number of rotatable bonds is 2. The van der Waals surface area contributed by atoms with Gasteiger partial charge in [-0.25, -0.2) is 0 Å². The molecule has 15 heavy (non-hydrogen) atoms. The first kappa shape index (κ1) is 13.4. The van der Waals surface area contributed by atoms with Gasteiger partial charge in [0.05, 0.1) is 0 Å². The zero-order chi connectivity index (χ0) is 11.6. The highest BCUT2D eigenvalue weighted by Gasteiger charge is 2.11. The molecule has 0 saturated carbocycles. The van der Waals surface area contributed by atoms with E-state index >= 15 is 0 Å². The van der Waals surface area contributed by atoms with E-state index in [1.54, 1.807) is 0 Å². The molecule has 0 nitrogen and oxygen atoms in total. The van der Waals surface area contributed by atoms with Crippen molar-refractivity contribution in [1.29, 1.82) is 0 Å². The van der Waals surface area contributed by atoms with Crippen molar-refractivity contribution in [3.8, 4) is 0 Å². The zero-order valence-electron chi connectivity index (χ0n) is 9.53. The third kappa shape index (κ3) is 4.38. The van der Waals surface area contributed by atoms with Gasteiger partial charge in [-0.2, -0.15) is 0 Å². The Morgan fingerprint density at radius 3 is 2.40 bits per heavy atom. The van der Waals surface area contributed by atoms with E-state index in [-0.39, 0.29) is 0 Å². The van der Waals surface area contributed by atoms with E-state index in [4.69, 9.17) is 11.6 Å². The molecule has 0 aromatic heterocycles. The molecule has 0 N–H and O–H groups in total. The minimum atomic E-state index is 0.342. The summed E-state index contributed by atoms with van der Waals surface area (Å²) in [7, 11) is 0. The first-order chi connectivity index (χ1) is 6.79. The topological polar surface area (TPSA) is 0 Å². The summed E-state index contributed by atoms with van der Waals surface area (Å²) in [6.45, 7) is 8.74. The fourth-order valence-electron chi connectivity index (χ4n) is 1.01. The molecule has 0 aliphatic rings. The van der Waals surface area contributed by atoms with Gasteiger partial charge in [-0.1, -0.05) is 48.3 Å². The predicted molar refractivity (Wildman–Crippen MR) is 74.1 cm³/mol. The van der Waals surface area contributed by atoms with Gasteiger partial charge in [0.2, 0.25) is 0 Å². The van der Waals surface area contributed by atoms with Crippen LogP contribution in [0.3, 0.4) is 0 Å². The minimum Gasteiger partial charge on any atom is -0.126 e. The molecular formula is C12H16BrClS. The third-order valence-corrected chi connectivity index (χ3v) is 4.72. The van der Waals surface area contributed by atoms with E-state index in [1.165, 1.54) is 4.90 Å². The maximum absolute atomic E-state index is 6.13. The van der Waals surface area contributed by atoms with Crippen LogP contribution in [0.5, 0.6) is 0 Å². The molecule has 0 unspecified atom stereocenters. The lowest BCUT2D eigenvalue weighted by atomic mass is 10.0. The maximum Gasteiger partial charge on any atom is 0.0457 e. The molecule has 0 amide bonds. The normalized spacial score (nSPS) is 11.9. The van der Waals surface area contributed by atoms with Gasteiger partial charge in [0, 0.05) is 20.1 Å². The van der Waals surface area contributed by atoms with E-state index in [9.17, 15) is 0 Å². The van der Waals surface area contributed by atoms with Crippen molar-refractivity contribution >= 4 is 39.3 Å². The Labute approximate surface area is 110 Å². The fourth-order valence-corrected chi connectivity index (χ4v) is 3.02. The minimum absolute atomic E-state index is 0.342. The van der Waals surface area contributed by atoms with Gasteiger partial charge in [0.1, 0.15) is 0 Å². The Balaban J connectivity index is 2.80. The van der Waals surface area contributed by atoms with E-state index in [0.717, 1.165) is 20.8 Å². The number of thioether (sulfide) groups is 1. The zero-order valence-corrected chi connectivity index (χ0v) is 12.7. The molecule has 0 aliphatic heterocycles. The Bertz CT molecular complexity index is 332. The second-order valence-electron chi connectivity index (χ2n) is 4.86. The summed E-state index contributed by atoms with van der Waals surface area (Å²) in [6, 6.07) is 4.18. The first-order valence-electron chi connectivity index (χ1n) is 4.88. The lowest BCUT2D eigenvalue weighted by Crippen LogP contribution is -2.07. The van der Waals surface area contributed by atoms with Crippen LogP contribution in [0, 0.1) is 12.3 Å². The lowest BCUT2D eigenvalue weighted by molar-refractivity contribution is 0.481. The predicted octanol–water partition coefficient (Wildman–Crippen LogP) is 5.55. The highest BCUT2D eigenvalue weighted by Crippen LogP contribution is 2.33. The van der Waals surface area contributed by atoms with Crippen LogP contribution in [0.1, 0.15) is 26.3 Å². The molecule has 1 aromatic rings. The quantitative estimate of drug-likeness (QED) is 0.646. The molecule has 0 spiro atoms. The maximum atomic E-state index is 6.13. The van der Waals surface area contributed by atoms with Crippen molar-refractivity contribution in [2.45, 2.75) is 32.6 Å². The van der Waals surface area contributed by atoms with Gasteiger partial charge < -0.3 is 0 Å². The van der Waals surface area contributed by atoms with E-state index in [0.29, 0.717) is 5.41 Å². The first-order valence-corrected chi connectivity index (χ1v) is 7.04. The summed E-state index contributed by atoms with van der Waals surface area (Å²) in [5.41, 5.74) is 1.45. The molecule has 84 valence electrons. The summed E-state index contributed by atoms with van der Waals surface area (Å²) < 4.78 is 1.09. The Morgan fingerprint density at radius 2 is 1.93 bits per heavy atom. The van der Waals surface area contributed by atoms with Crippen molar-refractivity contribution in [1.82, 2.24) is 0 Å². The van der Waals surface area contributed by atoms with E-state index in [1.807, 2.05) is 24.8 Å². The van der Waals surface area contributed by atoms with Crippen LogP contribution in [-0.2, 0) is 0 Å². The molecule has 0 bridgehead atoms. The highest BCUT2D eigenvalue weighted by molar-refractivity contribution is 9.10. The van der Waals surface area contributed by atoms with Crippen LogP contribution in [0.25, 0.3) is 0 Å². The van der Waals surface area contributed by atoms with Gasteiger partial charge in [0.25, 0.3) is 0 Å². The lowest BCUT2D eigenvalue weighted by Gasteiger charge is -2.17. The largest absolute Gasteiger partial charge is 0.126 e. The molecule has 0 aliphatic carbocycles. The SMILES string of the molecule is Cc1c(Cl)cc(SCC(C)(C)C)cc1Br. The number of benzene rings is 1. The van der Waals surface area contributed by atoms with Crippen LogP contribution in [0.4, 0.5) is 0 Å². The van der Waals surface area contributed by atoms with Crippen molar-refractivity contribution in [2.75, 3.05) is 5.75 Å². The van der Waals surface area contributed by atoms with Gasteiger partial charge in [-0.05, 0) is 30.0 Å². The number of hydrogen-bond acceptors (Lipinski definition) is 1. The molecule has 0 heterocycles. The van der Waals surface area contributed by atoms with Gasteiger partial charge in [-0.3, -0.25) is 0 Å². The van der Waals surface area contributed by atoms with Crippen LogP contribution < -0.4 is 0 Å². The van der Waals surface area contributed by atoms with Crippen LogP contribution >= 0.6 is 39.3 Å². The van der Waals surface area contributed by atoms with Crippen LogP contribution in [0.2, 0.25) is 5.02 Å². The second-order valence-corrected chi connectivity index (χ2v) is 7.17. The van der Waals surface area contributed by atoms with Gasteiger partial charge >= 0.3 is 0 Å². The second kappa shape index (κ2) is 5.11. The standard InChI is InChI=1S/C12H16BrClS/c1-8-10(13)5-9(6-11(8)14)15-7-12(2,3)4/h5-6H,7H2,1-4H3. The monoisotopic (exact) mass is 306 g/mol. The average Bonchev–Trinajstić information content (AvgIpc) is 2.09. The smallest absolute Gasteiger partial charge is 0.0457 e. The molecule has 1 aromatic carbocycles. The molecular weight excluding hydrogens is 292 g/mol. The molecule has 0 saturated heterocycles. The molecule has 1 rings (SSSR count). The average molecular weight is 308 g/mol. The fraction of sp³-hybridized carbons (Fsp3) is 0.500. The van der Waals surface area contributed by atoms with Crippen molar-refractivity contribution in [3.63, 3.8) is 0 Å². The van der Waals surface area contributed by atoms with Gasteiger partial charge in [-0.15, -0.1) is 11.8 Å². The highest BCUT2D eigenvalue weighted by atomic mass is 79.9. The summed E-state index contributed by atoms with van der Waals surface area (Å²) in [4.78, 5) is 1.23. The summed E-state index contributed by atoms with van der Waals surface area (Å²) in [6.07, 6.45) is 0.